The number of rotatable bonds is 12. The summed E-state index contributed by atoms with van der Waals surface area (Å²) in [7, 11) is 1.74. The molecule has 7 heteroatoms. The molecule has 1 aromatic heterocycles. The van der Waals surface area contributed by atoms with E-state index in [0.717, 1.165) is 38.0 Å². The van der Waals surface area contributed by atoms with Crippen LogP contribution in [0.25, 0.3) is 10.9 Å². The van der Waals surface area contributed by atoms with Crippen LogP contribution in [0.1, 0.15) is 30.4 Å². The molecule has 1 aliphatic carbocycles. The number of ether oxygens (including phenoxy) is 3. The molecular formula is C29H37N3O4. The van der Waals surface area contributed by atoms with Gasteiger partial charge in [-0.2, -0.15) is 0 Å². The number of carbonyl (C=O) groups is 1. The fourth-order valence-corrected chi connectivity index (χ4v) is 4.98. The lowest BCUT2D eigenvalue weighted by molar-refractivity contribution is -0.155. The molecule has 1 N–H and O–H groups in total. The maximum atomic E-state index is 13.7. The van der Waals surface area contributed by atoms with Crippen LogP contribution in [0, 0.1) is 0 Å². The molecule has 7 nitrogen and oxygen atoms in total. The van der Waals surface area contributed by atoms with Gasteiger partial charge in [0.2, 0.25) is 0 Å². The van der Waals surface area contributed by atoms with Crippen LogP contribution >= 0.6 is 0 Å². The van der Waals surface area contributed by atoms with Crippen molar-refractivity contribution in [3.8, 4) is 0 Å². The van der Waals surface area contributed by atoms with E-state index in [1.807, 2.05) is 35.2 Å². The van der Waals surface area contributed by atoms with Crippen LogP contribution < -0.4 is 5.32 Å². The molecule has 0 bridgehead atoms. The summed E-state index contributed by atoms with van der Waals surface area (Å²) in [4.78, 5) is 15.7. The molecule has 2 aromatic carbocycles. The van der Waals surface area contributed by atoms with E-state index in [2.05, 4.69) is 40.3 Å². The highest BCUT2D eigenvalue weighted by molar-refractivity contribution is 5.86. The van der Waals surface area contributed by atoms with Crippen molar-refractivity contribution in [1.82, 2.24) is 14.8 Å². The van der Waals surface area contributed by atoms with E-state index in [1.165, 1.54) is 16.5 Å². The second-order valence-electron chi connectivity index (χ2n) is 9.81. The van der Waals surface area contributed by atoms with Gasteiger partial charge >= 0.3 is 0 Å². The number of benzene rings is 2. The van der Waals surface area contributed by atoms with Gasteiger partial charge in [-0.05, 0) is 36.5 Å². The minimum atomic E-state index is -0.486. The normalized spacial score (nSPS) is 20.0. The SMILES string of the molecule is COCCCn1cc(CN(C(=O)[C@H]2CNC[C@@H](COCc3ccccc3)O2)C2CC2)c2ccccc21. The summed E-state index contributed by atoms with van der Waals surface area (Å²) in [5.74, 6) is 0.0778. The summed E-state index contributed by atoms with van der Waals surface area (Å²) in [6.45, 7) is 4.47. The van der Waals surface area contributed by atoms with Crippen LogP contribution in [-0.4, -0.2) is 67.0 Å². The lowest BCUT2D eigenvalue weighted by Crippen LogP contribution is -2.54. The molecule has 2 fully saturated rings. The van der Waals surface area contributed by atoms with E-state index < -0.39 is 6.10 Å². The molecule has 1 amide bonds. The molecule has 0 radical (unpaired) electrons. The van der Waals surface area contributed by atoms with Gasteiger partial charge in [-0.1, -0.05) is 48.5 Å². The van der Waals surface area contributed by atoms with Crippen molar-refractivity contribution < 1.29 is 19.0 Å². The first-order chi connectivity index (χ1) is 17.7. The van der Waals surface area contributed by atoms with Gasteiger partial charge in [0.25, 0.3) is 5.91 Å². The molecule has 2 atom stereocenters. The Morgan fingerprint density at radius 1 is 1.11 bits per heavy atom. The molecule has 2 heterocycles. The Balaban J connectivity index is 1.23. The molecule has 1 aliphatic heterocycles. The van der Waals surface area contributed by atoms with Crippen LogP contribution in [0.2, 0.25) is 0 Å². The minimum absolute atomic E-state index is 0.0778. The average Bonchev–Trinajstić information content (AvgIpc) is 3.70. The number of aromatic nitrogens is 1. The highest BCUT2D eigenvalue weighted by Crippen LogP contribution is 2.32. The zero-order valence-electron chi connectivity index (χ0n) is 21.1. The number of amides is 1. The third kappa shape index (κ3) is 6.16. The Labute approximate surface area is 213 Å². The van der Waals surface area contributed by atoms with Crippen LogP contribution in [0.4, 0.5) is 0 Å². The van der Waals surface area contributed by atoms with Crippen molar-refractivity contribution >= 4 is 16.8 Å². The molecule has 192 valence electrons. The van der Waals surface area contributed by atoms with Crippen molar-refractivity contribution in [3.05, 3.63) is 71.9 Å². The van der Waals surface area contributed by atoms with E-state index in [9.17, 15) is 4.79 Å². The molecule has 1 saturated carbocycles. The fraction of sp³-hybridized carbons (Fsp3) is 0.483. The summed E-state index contributed by atoms with van der Waals surface area (Å²) in [5, 5.41) is 4.60. The van der Waals surface area contributed by atoms with Gasteiger partial charge in [0.15, 0.2) is 0 Å². The van der Waals surface area contributed by atoms with Crippen LogP contribution in [0.3, 0.4) is 0 Å². The van der Waals surface area contributed by atoms with Gasteiger partial charge in [-0.25, -0.2) is 0 Å². The van der Waals surface area contributed by atoms with Crippen LogP contribution in [-0.2, 0) is 38.7 Å². The summed E-state index contributed by atoms with van der Waals surface area (Å²) in [5.41, 5.74) is 3.53. The monoisotopic (exact) mass is 491 g/mol. The van der Waals surface area contributed by atoms with Crippen molar-refractivity contribution in [1.29, 1.82) is 0 Å². The van der Waals surface area contributed by atoms with Gasteiger partial charge in [-0.3, -0.25) is 4.79 Å². The third-order valence-electron chi connectivity index (χ3n) is 6.98. The number of aryl methyl sites for hydroxylation is 1. The molecule has 2 aliphatic rings. The highest BCUT2D eigenvalue weighted by atomic mass is 16.5. The zero-order valence-corrected chi connectivity index (χ0v) is 21.1. The van der Waals surface area contributed by atoms with E-state index in [0.29, 0.717) is 38.9 Å². The molecule has 1 saturated heterocycles. The van der Waals surface area contributed by atoms with E-state index in [-0.39, 0.29) is 12.0 Å². The Bertz CT molecular complexity index is 1130. The van der Waals surface area contributed by atoms with E-state index in [4.69, 9.17) is 14.2 Å². The number of morpholine rings is 1. The molecule has 3 aromatic rings. The number of para-hydroxylation sites is 1. The topological polar surface area (TPSA) is 65.0 Å². The van der Waals surface area contributed by atoms with Gasteiger partial charge in [0.1, 0.15) is 6.10 Å². The van der Waals surface area contributed by atoms with Gasteiger partial charge in [-0.15, -0.1) is 0 Å². The predicted molar refractivity (Wildman–Crippen MR) is 140 cm³/mol. The van der Waals surface area contributed by atoms with E-state index >= 15 is 0 Å². The number of fused-ring (bicyclic) bond motifs is 1. The summed E-state index contributed by atoms with van der Waals surface area (Å²) < 4.78 is 19.7. The number of nitrogens with zero attached hydrogens (tertiary/aromatic N) is 2. The summed E-state index contributed by atoms with van der Waals surface area (Å²) in [6, 6.07) is 18.9. The first kappa shape index (κ1) is 25.0. The van der Waals surface area contributed by atoms with E-state index in [1.54, 1.807) is 7.11 Å². The third-order valence-corrected chi connectivity index (χ3v) is 6.98. The number of hydrogen-bond donors (Lipinski definition) is 1. The second kappa shape index (κ2) is 12.0. The zero-order chi connectivity index (χ0) is 24.7. The largest absolute Gasteiger partial charge is 0.385 e. The summed E-state index contributed by atoms with van der Waals surface area (Å²) >= 11 is 0. The van der Waals surface area contributed by atoms with Crippen molar-refractivity contribution in [2.24, 2.45) is 0 Å². The van der Waals surface area contributed by atoms with Crippen LogP contribution in [0.5, 0.6) is 0 Å². The second-order valence-corrected chi connectivity index (χ2v) is 9.81. The molecular weight excluding hydrogens is 454 g/mol. The smallest absolute Gasteiger partial charge is 0.253 e. The fourth-order valence-electron chi connectivity index (χ4n) is 4.98. The molecule has 0 unspecified atom stereocenters. The van der Waals surface area contributed by atoms with Crippen molar-refractivity contribution in [2.75, 3.05) is 33.4 Å². The first-order valence-corrected chi connectivity index (χ1v) is 13.1. The Hall–Kier alpha value is -2.71. The van der Waals surface area contributed by atoms with Gasteiger partial charge in [0.05, 0.1) is 19.3 Å². The quantitative estimate of drug-likeness (QED) is 0.391. The molecule has 36 heavy (non-hydrogen) atoms. The highest BCUT2D eigenvalue weighted by Gasteiger charge is 2.38. The minimum Gasteiger partial charge on any atom is -0.385 e. The lowest BCUT2D eigenvalue weighted by Gasteiger charge is -2.33. The molecule has 5 rings (SSSR count). The van der Waals surface area contributed by atoms with Crippen molar-refractivity contribution in [2.45, 2.75) is 57.2 Å². The Morgan fingerprint density at radius 2 is 1.92 bits per heavy atom. The number of nitrogens with one attached hydrogen (secondary N) is 1. The van der Waals surface area contributed by atoms with Gasteiger partial charge < -0.3 is 29.0 Å². The maximum absolute atomic E-state index is 13.7. The maximum Gasteiger partial charge on any atom is 0.253 e. The Morgan fingerprint density at radius 3 is 2.72 bits per heavy atom. The van der Waals surface area contributed by atoms with Crippen LogP contribution in [0.15, 0.2) is 60.8 Å². The molecule has 0 spiro atoms. The Kier molecular flexibility index (Phi) is 8.33. The van der Waals surface area contributed by atoms with Gasteiger partial charge in [0, 0.05) is 63.0 Å². The number of carbonyl (C=O) groups excluding carboxylic acids is 1. The average molecular weight is 492 g/mol. The standard InChI is InChI=1S/C29H37N3O4/c1-34-15-7-14-31-18-23(26-10-5-6-11-27(26)31)19-32(24-12-13-24)29(33)28-17-30-16-25(36-28)21-35-20-22-8-3-2-4-9-22/h2-6,8-11,18,24-25,28,30H,7,12-17,19-21H2,1H3/t25-,28+/m0/s1. The number of methoxy groups -OCH3 is 1. The lowest BCUT2D eigenvalue weighted by atomic mass is 10.1. The number of hydrogen-bond acceptors (Lipinski definition) is 5. The summed E-state index contributed by atoms with van der Waals surface area (Å²) in [6.07, 6.45) is 4.66. The first-order valence-electron chi connectivity index (χ1n) is 13.1. The predicted octanol–water partition coefficient (Wildman–Crippen LogP) is 3.74. The van der Waals surface area contributed by atoms with Crippen molar-refractivity contribution in [3.63, 3.8) is 0 Å².